The molecule has 1 aromatic heterocycles. The van der Waals surface area contributed by atoms with Crippen LogP contribution >= 0.6 is 11.6 Å². The lowest BCUT2D eigenvalue weighted by Gasteiger charge is -2.46. The molecule has 13 heteroatoms. The first-order valence-electron chi connectivity index (χ1n) is 17.2. The monoisotopic (exact) mass is 706 g/mol. The summed E-state index contributed by atoms with van der Waals surface area (Å²) in [6, 6.07) is 11.6. The Balaban J connectivity index is 1.25. The molecule has 1 fully saturated rings. The average molecular weight is 707 g/mol. The van der Waals surface area contributed by atoms with Crippen molar-refractivity contribution in [1.29, 1.82) is 0 Å². The van der Waals surface area contributed by atoms with E-state index in [1.807, 2.05) is 18.2 Å². The zero-order valence-corrected chi connectivity index (χ0v) is 29.3. The summed E-state index contributed by atoms with van der Waals surface area (Å²) in [6.45, 7) is 2.28. The molecule has 1 unspecified atom stereocenters. The van der Waals surface area contributed by atoms with E-state index in [0.717, 1.165) is 55.9 Å². The lowest BCUT2D eigenvalue weighted by Crippen LogP contribution is -2.49. The van der Waals surface area contributed by atoms with Gasteiger partial charge in [-0.05, 0) is 98.2 Å². The van der Waals surface area contributed by atoms with Crippen LogP contribution in [0.3, 0.4) is 0 Å². The van der Waals surface area contributed by atoms with E-state index in [9.17, 15) is 13.8 Å². The summed E-state index contributed by atoms with van der Waals surface area (Å²) in [5, 5.41) is 4.76. The first-order valence-corrected chi connectivity index (χ1v) is 19.2. The van der Waals surface area contributed by atoms with Crippen LogP contribution in [0.15, 0.2) is 65.6 Å². The highest BCUT2D eigenvalue weighted by Gasteiger charge is 2.44. The van der Waals surface area contributed by atoms with Gasteiger partial charge in [0, 0.05) is 42.6 Å². The van der Waals surface area contributed by atoms with Crippen LogP contribution < -0.4 is 14.4 Å². The Kier molecular flexibility index (Phi) is 9.81. The molecule has 3 heterocycles. The maximum absolute atomic E-state index is 14.2. The number of ether oxygens (including phenoxy) is 2. The van der Waals surface area contributed by atoms with Crippen molar-refractivity contribution in [3.63, 3.8) is 0 Å². The maximum atomic E-state index is 14.2. The Morgan fingerprint density at radius 1 is 1.20 bits per heavy atom. The van der Waals surface area contributed by atoms with Crippen LogP contribution in [0.25, 0.3) is 0 Å². The van der Waals surface area contributed by atoms with Crippen LogP contribution in [-0.2, 0) is 37.8 Å². The van der Waals surface area contributed by atoms with Crippen molar-refractivity contribution < 1.29 is 23.3 Å². The Labute approximate surface area is 292 Å². The number of carbonyl (C=O) groups excluding carboxylic acids is 2. The van der Waals surface area contributed by atoms with Crippen molar-refractivity contribution >= 4 is 39.0 Å². The van der Waals surface area contributed by atoms with Gasteiger partial charge in [-0.3, -0.25) is 19.0 Å². The highest BCUT2D eigenvalue weighted by atomic mass is 35.5. The fourth-order valence-electron chi connectivity index (χ4n) is 7.91. The molecule has 49 heavy (non-hydrogen) atoms. The van der Waals surface area contributed by atoms with E-state index in [0.29, 0.717) is 42.6 Å². The van der Waals surface area contributed by atoms with Gasteiger partial charge in [0.1, 0.15) is 28.3 Å². The normalized spacial score (nSPS) is 29.0. The summed E-state index contributed by atoms with van der Waals surface area (Å²) in [7, 11) is -1.67. The standard InChI is InChI=1S/C36H43ClN6O5S/c1-47-32-7-3-2-4-17-49(46,40-34(44)14-16-43-24-38-23-39-43)41-35(45)26-9-13-33-31(19-26)42(20-27-8-11-29(27)32)21-36(22-48-33)15-5-6-25-18-28(37)10-12-30(25)36/h3,7,9-10,12-13,18-19,23-24,27,29,32H,2,4-6,8,11,14-17,20-22H2,1H3,(H,40,41,44,45,46)/b7-3+/t27-,29+,32-,36-,49?/m0/s1. The number of aromatic nitrogens is 3. The number of hydrogen-bond acceptors (Lipinski definition) is 8. The number of amides is 2. The molecule has 1 saturated carbocycles. The summed E-state index contributed by atoms with van der Waals surface area (Å²) in [5.41, 5.74) is 3.41. The second kappa shape index (κ2) is 14.2. The first-order chi connectivity index (χ1) is 23.7. The van der Waals surface area contributed by atoms with E-state index in [1.165, 1.54) is 28.5 Å². The molecule has 1 N–H and O–H groups in total. The van der Waals surface area contributed by atoms with E-state index in [2.05, 4.69) is 48.4 Å². The number of methoxy groups -OCH3 is 1. The molecule has 11 nitrogen and oxygen atoms in total. The van der Waals surface area contributed by atoms with Crippen molar-refractivity contribution in [1.82, 2.24) is 19.5 Å². The number of hydrogen-bond donors (Lipinski definition) is 1. The smallest absolute Gasteiger partial charge is 0.286 e. The van der Waals surface area contributed by atoms with Gasteiger partial charge in [-0.1, -0.05) is 29.8 Å². The first kappa shape index (κ1) is 33.7. The Bertz CT molecular complexity index is 1860. The molecule has 2 bridgehead atoms. The molecule has 1 spiro atoms. The second-order valence-corrected chi connectivity index (χ2v) is 16.2. The minimum atomic E-state index is -3.42. The summed E-state index contributed by atoms with van der Waals surface area (Å²) in [4.78, 5) is 33.0. The topological polar surface area (TPSA) is 128 Å². The fraction of sp³-hybridized carbons (Fsp3) is 0.500. The van der Waals surface area contributed by atoms with Crippen molar-refractivity contribution in [2.75, 3.05) is 37.5 Å². The lowest BCUT2D eigenvalue weighted by molar-refractivity contribution is -0.119. The van der Waals surface area contributed by atoms with Gasteiger partial charge in [0.25, 0.3) is 5.91 Å². The molecular formula is C36H43ClN6O5S. The van der Waals surface area contributed by atoms with Gasteiger partial charge in [0.05, 0.1) is 30.7 Å². The largest absolute Gasteiger partial charge is 0.490 e. The molecule has 2 amide bonds. The SMILES string of the molecule is CO[C@H]1/C=C/CCCS(=O)(NC(=O)CCn2cncn2)=NC(=O)c2ccc3c(c2)N(C[C@@H]2CC[C@H]21)C[C@@]1(CCCc2cc(Cl)ccc21)CO3. The average Bonchev–Trinajstić information content (AvgIpc) is 3.55. The predicted molar refractivity (Wildman–Crippen MR) is 188 cm³/mol. The van der Waals surface area contributed by atoms with Crippen LogP contribution in [-0.4, -0.2) is 69.5 Å². The molecule has 3 aromatic rings. The Morgan fingerprint density at radius 2 is 2.10 bits per heavy atom. The maximum Gasteiger partial charge on any atom is 0.286 e. The van der Waals surface area contributed by atoms with E-state index in [4.69, 9.17) is 21.1 Å². The van der Waals surface area contributed by atoms with Gasteiger partial charge in [-0.15, -0.1) is 4.36 Å². The number of fused-ring (bicyclic) bond motifs is 4. The molecule has 2 aliphatic heterocycles. The third-order valence-corrected chi connectivity index (χ3v) is 12.6. The number of nitrogens with one attached hydrogen (secondary N) is 1. The van der Waals surface area contributed by atoms with Crippen molar-refractivity contribution in [2.45, 2.75) is 69.4 Å². The number of aryl methyl sites for hydroxylation is 2. The zero-order valence-electron chi connectivity index (χ0n) is 27.8. The molecule has 2 aromatic carbocycles. The van der Waals surface area contributed by atoms with Crippen LogP contribution in [0.4, 0.5) is 5.69 Å². The molecule has 7 rings (SSSR count). The minimum Gasteiger partial charge on any atom is -0.490 e. The van der Waals surface area contributed by atoms with E-state index in [-0.39, 0.29) is 30.2 Å². The number of halogens is 1. The number of benzene rings is 2. The van der Waals surface area contributed by atoms with Crippen LogP contribution in [0, 0.1) is 11.8 Å². The number of anilines is 1. The molecule has 2 aliphatic carbocycles. The minimum absolute atomic E-state index is 0.0181. The van der Waals surface area contributed by atoms with Gasteiger partial charge in [0.15, 0.2) is 0 Å². The highest BCUT2D eigenvalue weighted by molar-refractivity contribution is 7.92. The van der Waals surface area contributed by atoms with Crippen molar-refractivity contribution in [3.05, 3.63) is 82.9 Å². The summed E-state index contributed by atoms with van der Waals surface area (Å²) < 4.78 is 35.1. The van der Waals surface area contributed by atoms with Crippen molar-refractivity contribution in [3.8, 4) is 5.75 Å². The van der Waals surface area contributed by atoms with E-state index < -0.39 is 21.7 Å². The zero-order chi connectivity index (χ0) is 34.0. The van der Waals surface area contributed by atoms with Gasteiger partial charge in [-0.25, -0.2) is 9.19 Å². The number of rotatable bonds is 5. The second-order valence-electron chi connectivity index (χ2n) is 13.7. The third-order valence-electron chi connectivity index (χ3n) is 10.6. The highest BCUT2D eigenvalue weighted by Crippen LogP contribution is 2.47. The Morgan fingerprint density at radius 3 is 2.90 bits per heavy atom. The van der Waals surface area contributed by atoms with Gasteiger partial charge >= 0.3 is 0 Å². The van der Waals surface area contributed by atoms with E-state index >= 15 is 0 Å². The summed E-state index contributed by atoms with van der Waals surface area (Å²) >= 11 is 6.44. The van der Waals surface area contributed by atoms with Crippen LogP contribution in [0.1, 0.15) is 66.4 Å². The predicted octanol–water partition coefficient (Wildman–Crippen LogP) is 5.53. The number of carbonyl (C=O) groups is 2. The third kappa shape index (κ3) is 7.27. The van der Waals surface area contributed by atoms with Gasteiger partial charge < -0.3 is 14.4 Å². The number of nitrogens with zero attached hydrogens (tertiary/aromatic N) is 5. The van der Waals surface area contributed by atoms with Crippen molar-refractivity contribution in [2.24, 2.45) is 16.2 Å². The lowest BCUT2D eigenvalue weighted by atomic mass is 9.68. The Hall–Kier alpha value is -3.74. The quantitative estimate of drug-likeness (QED) is 0.344. The van der Waals surface area contributed by atoms with Crippen LogP contribution in [0.2, 0.25) is 5.02 Å². The van der Waals surface area contributed by atoms with E-state index in [1.54, 1.807) is 13.2 Å². The molecule has 5 atom stereocenters. The molecular weight excluding hydrogens is 664 g/mol. The van der Waals surface area contributed by atoms with Gasteiger partial charge in [0.2, 0.25) is 5.91 Å². The number of allylic oxidation sites excluding steroid dienone is 1. The van der Waals surface area contributed by atoms with Crippen LogP contribution in [0.5, 0.6) is 5.75 Å². The molecule has 260 valence electrons. The molecule has 4 aliphatic rings. The fourth-order valence-corrected chi connectivity index (χ4v) is 9.73. The molecule has 0 saturated heterocycles. The van der Waals surface area contributed by atoms with Gasteiger partial charge in [-0.2, -0.15) is 5.10 Å². The summed E-state index contributed by atoms with van der Waals surface area (Å²) in [6.07, 6.45) is 13.3. The molecule has 0 radical (unpaired) electrons. The summed E-state index contributed by atoms with van der Waals surface area (Å²) in [5.74, 6) is 0.381.